The molecule has 0 aliphatic carbocycles. The number of amides is 6. The maximum absolute atomic E-state index is 13.8. The van der Waals surface area contributed by atoms with Crippen LogP contribution in [-0.2, 0) is 35.2 Å². The van der Waals surface area contributed by atoms with Gasteiger partial charge in [-0.1, -0.05) is 12.1 Å². The summed E-state index contributed by atoms with van der Waals surface area (Å²) in [5, 5.41) is 63.8. The number of phenolic OH excluding ortho intramolecular Hbond substituents is 1. The van der Waals surface area contributed by atoms with Crippen LogP contribution in [0.2, 0.25) is 0 Å². The highest BCUT2D eigenvalue weighted by Gasteiger charge is 2.44. The zero-order valence-electron chi connectivity index (χ0n) is 28.2. The van der Waals surface area contributed by atoms with Gasteiger partial charge in [0.05, 0.1) is 24.4 Å². The van der Waals surface area contributed by atoms with Crippen LogP contribution in [0.25, 0.3) is 0 Å². The highest BCUT2D eigenvalue weighted by atomic mass is 16.3. The van der Waals surface area contributed by atoms with Crippen LogP contribution in [-0.4, -0.2) is 140 Å². The largest absolute Gasteiger partial charge is 0.508 e. The van der Waals surface area contributed by atoms with Gasteiger partial charge in [0.2, 0.25) is 35.4 Å². The van der Waals surface area contributed by atoms with E-state index in [0.717, 1.165) is 4.90 Å². The molecular formula is C32H49N7O11. The Hall–Kier alpha value is -4.36. The maximum atomic E-state index is 13.8. The minimum absolute atomic E-state index is 0.00769. The number of nitrogens with zero attached hydrogens (tertiary/aromatic N) is 1. The average Bonchev–Trinajstić information content (AvgIpc) is 3.45. The summed E-state index contributed by atoms with van der Waals surface area (Å²) in [5.74, 6) is -5.65. The molecule has 50 heavy (non-hydrogen) atoms. The molecule has 2 aliphatic heterocycles. The first-order valence-corrected chi connectivity index (χ1v) is 16.6. The van der Waals surface area contributed by atoms with E-state index in [2.05, 4.69) is 26.6 Å². The van der Waals surface area contributed by atoms with Gasteiger partial charge in [-0.25, -0.2) is 0 Å². The Morgan fingerprint density at radius 3 is 1.74 bits per heavy atom. The lowest BCUT2D eigenvalue weighted by Crippen LogP contribution is -2.64. The minimum Gasteiger partial charge on any atom is -0.508 e. The SMILES string of the molecule is C[C@@H](O)[C@@H]1NC(=O)[C@H](CCc2ccc(O)cc2)NC(=O)[C@@H]2C[C@@H](O)CN2C(=O)[C@H]([C@@H](C)O)NC(=O)[C@H](CCCN)NC(=O)[C@H]([C@@H](C)O)NC1=O. The molecule has 6 amide bonds. The number of aliphatic hydroxyl groups is 4. The fourth-order valence-electron chi connectivity index (χ4n) is 5.80. The van der Waals surface area contributed by atoms with Gasteiger partial charge in [0.25, 0.3) is 0 Å². The first-order valence-electron chi connectivity index (χ1n) is 16.6. The number of hydrogen-bond donors (Lipinski definition) is 11. The molecule has 0 unspecified atom stereocenters. The fourth-order valence-corrected chi connectivity index (χ4v) is 5.80. The molecule has 0 saturated carbocycles. The summed E-state index contributed by atoms with van der Waals surface area (Å²) in [6, 6.07) is -3.00. The summed E-state index contributed by atoms with van der Waals surface area (Å²) in [7, 11) is 0. The van der Waals surface area contributed by atoms with Crippen molar-refractivity contribution in [3.05, 3.63) is 29.8 Å². The third-order valence-electron chi connectivity index (χ3n) is 8.66. The van der Waals surface area contributed by atoms with Crippen molar-refractivity contribution in [3.8, 4) is 5.75 Å². The van der Waals surface area contributed by atoms with Crippen LogP contribution in [0.5, 0.6) is 5.75 Å². The maximum Gasteiger partial charge on any atom is 0.248 e. The number of aliphatic hydroxyl groups excluding tert-OH is 4. The molecule has 1 aromatic carbocycles. The quantitative estimate of drug-likeness (QED) is 0.116. The van der Waals surface area contributed by atoms with Gasteiger partial charge in [-0.15, -0.1) is 0 Å². The van der Waals surface area contributed by atoms with Gasteiger partial charge in [0, 0.05) is 13.0 Å². The zero-order chi connectivity index (χ0) is 37.3. The van der Waals surface area contributed by atoms with Crippen LogP contribution in [0.15, 0.2) is 24.3 Å². The lowest BCUT2D eigenvalue weighted by molar-refractivity contribution is -0.145. The van der Waals surface area contributed by atoms with E-state index in [1.807, 2.05) is 0 Å². The smallest absolute Gasteiger partial charge is 0.248 e. The normalized spacial score (nSPS) is 29.3. The summed E-state index contributed by atoms with van der Waals surface area (Å²) in [4.78, 5) is 82.5. The summed E-state index contributed by atoms with van der Waals surface area (Å²) in [6.07, 6.45) is -5.67. The molecule has 2 fully saturated rings. The van der Waals surface area contributed by atoms with Crippen LogP contribution >= 0.6 is 0 Å². The number of carbonyl (C=O) groups is 6. The Kier molecular flexibility index (Phi) is 14.5. The van der Waals surface area contributed by atoms with Gasteiger partial charge in [0.15, 0.2) is 0 Å². The number of hydrogen-bond acceptors (Lipinski definition) is 12. The van der Waals surface area contributed by atoms with Crippen LogP contribution < -0.4 is 32.3 Å². The van der Waals surface area contributed by atoms with E-state index in [0.29, 0.717) is 5.56 Å². The number of aromatic hydroxyl groups is 1. The second-order valence-corrected chi connectivity index (χ2v) is 12.8. The van der Waals surface area contributed by atoms with Crippen molar-refractivity contribution in [3.63, 3.8) is 0 Å². The predicted molar refractivity (Wildman–Crippen MR) is 176 cm³/mol. The molecule has 18 heteroatoms. The molecule has 0 bridgehead atoms. The standard InChI is InChI=1S/C32H49N7O11/c1-15(40)24-30(48)35-21(5-4-12-33)27(45)38-26(17(3)42)32(50)39-14-20(44)13-23(39)29(47)34-22(11-8-18-6-9-19(43)10-7-18)28(46)36-25(16(2)41)31(49)37-24/h6-7,9-10,15-17,20-26,40-44H,4-5,8,11-14,33H2,1-3H3,(H,34,47)(H,35,48)(H,36,46)(H,37,49)(H,38,45)/t15-,16-,17-,20-,21+,22+,23+,24+,25+,26+/m1/s1. The number of aryl methyl sites for hydroxylation is 1. The molecule has 3 rings (SSSR count). The zero-order valence-corrected chi connectivity index (χ0v) is 28.2. The van der Waals surface area contributed by atoms with Crippen molar-refractivity contribution in [2.45, 2.75) is 114 Å². The fraction of sp³-hybridized carbons (Fsp3) is 0.625. The molecule has 1 aromatic rings. The minimum atomic E-state index is -1.68. The second kappa shape index (κ2) is 18.0. The van der Waals surface area contributed by atoms with Crippen LogP contribution in [0, 0.1) is 0 Å². The van der Waals surface area contributed by atoms with Crippen molar-refractivity contribution >= 4 is 35.4 Å². The van der Waals surface area contributed by atoms with E-state index in [1.54, 1.807) is 12.1 Å². The van der Waals surface area contributed by atoms with Crippen LogP contribution in [0.1, 0.15) is 52.0 Å². The molecule has 0 spiro atoms. The van der Waals surface area contributed by atoms with Crippen LogP contribution in [0.4, 0.5) is 0 Å². The lowest BCUT2D eigenvalue weighted by Gasteiger charge is -2.33. The molecule has 18 nitrogen and oxygen atoms in total. The summed E-state index contributed by atoms with van der Waals surface area (Å²) >= 11 is 0. The monoisotopic (exact) mass is 707 g/mol. The van der Waals surface area contributed by atoms with Crippen molar-refractivity contribution in [2.24, 2.45) is 5.73 Å². The van der Waals surface area contributed by atoms with Crippen molar-refractivity contribution < 1.29 is 54.3 Å². The number of nitrogens with one attached hydrogen (secondary N) is 5. The molecule has 0 aromatic heterocycles. The van der Waals surface area contributed by atoms with E-state index in [4.69, 9.17) is 5.73 Å². The first-order chi connectivity index (χ1) is 23.5. The van der Waals surface area contributed by atoms with E-state index in [9.17, 15) is 54.3 Å². The molecule has 2 aliphatic rings. The topological polar surface area (TPSA) is 293 Å². The van der Waals surface area contributed by atoms with Gasteiger partial charge in [-0.05, 0) is 70.7 Å². The molecule has 2 heterocycles. The summed E-state index contributed by atoms with van der Waals surface area (Å²) < 4.78 is 0. The lowest BCUT2D eigenvalue weighted by atomic mass is 10.0. The van der Waals surface area contributed by atoms with E-state index < -0.39 is 96.1 Å². The molecule has 10 atom stereocenters. The third kappa shape index (κ3) is 10.6. The Morgan fingerprint density at radius 2 is 1.20 bits per heavy atom. The highest BCUT2D eigenvalue weighted by Crippen LogP contribution is 2.21. The molecule has 0 radical (unpaired) electrons. The van der Waals surface area contributed by atoms with Gasteiger partial charge in [0.1, 0.15) is 42.0 Å². The molecule has 12 N–H and O–H groups in total. The van der Waals surface area contributed by atoms with E-state index in [1.165, 1.54) is 32.9 Å². The molecular weight excluding hydrogens is 658 g/mol. The van der Waals surface area contributed by atoms with E-state index in [-0.39, 0.29) is 50.9 Å². The van der Waals surface area contributed by atoms with Crippen molar-refractivity contribution in [2.75, 3.05) is 13.1 Å². The van der Waals surface area contributed by atoms with Crippen molar-refractivity contribution in [1.29, 1.82) is 0 Å². The third-order valence-corrected chi connectivity index (χ3v) is 8.66. The Morgan fingerprint density at radius 1 is 0.720 bits per heavy atom. The molecule has 278 valence electrons. The van der Waals surface area contributed by atoms with Gasteiger partial charge in [-0.2, -0.15) is 0 Å². The Balaban J connectivity index is 2.07. The number of fused-ring (bicyclic) bond motifs is 1. The number of rotatable bonds is 9. The number of benzene rings is 1. The number of carbonyl (C=O) groups excluding carboxylic acids is 6. The Labute approximate surface area is 289 Å². The van der Waals surface area contributed by atoms with Gasteiger partial charge >= 0.3 is 0 Å². The number of nitrogens with two attached hydrogens (primary N) is 1. The molecule has 2 saturated heterocycles. The average molecular weight is 708 g/mol. The van der Waals surface area contributed by atoms with Crippen molar-refractivity contribution in [1.82, 2.24) is 31.5 Å². The van der Waals surface area contributed by atoms with E-state index >= 15 is 0 Å². The van der Waals surface area contributed by atoms with Gasteiger partial charge < -0.3 is 62.8 Å². The van der Waals surface area contributed by atoms with Crippen LogP contribution in [0.3, 0.4) is 0 Å². The highest BCUT2D eigenvalue weighted by molar-refractivity contribution is 5.98. The predicted octanol–water partition coefficient (Wildman–Crippen LogP) is -4.39. The Bertz CT molecular complexity index is 1370. The summed E-state index contributed by atoms with van der Waals surface area (Å²) in [6.45, 7) is 3.40. The first kappa shape index (κ1) is 40.1. The summed E-state index contributed by atoms with van der Waals surface area (Å²) in [5.41, 5.74) is 6.29. The number of phenols is 1. The second-order valence-electron chi connectivity index (χ2n) is 12.8. The van der Waals surface area contributed by atoms with Gasteiger partial charge in [-0.3, -0.25) is 28.8 Å².